The maximum absolute atomic E-state index is 6.09. The van der Waals surface area contributed by atoms with Crippen molar-refractivity contribution < 1.29 is 0 Å². The van der Waals surface area contributed by atoms with Crippen molar-refractivity contribution in [2.24, 2.45) is 0 Å². The van der Waals surface area contributed by atoms with Crippen molar-refractivity contribution >= 4 is 46.0 Å². The van der Waals surface area contributed by atoms with E-state index in [-0.39, 0.29) is 0 Å². The largest absolute Gasteiger partial charge is 0.120 e. The van der Waals surface area contributed by atoms with Gasteiger partial charge in [-0.2, -0.15) is 0 Å². The van der Waals surface area contributed by atoms with Crippen LogP contribution in [-0.2, 0) is 5.75 Å². The smallest absolute Gasteiger partial charge is 0.0541 e. The fourth-order valence-electron chi connectivity index (χ4n) is 1.30. The van der Waals surface area contributed by atoms with Crippen molar-refractivity contribution in [1.82, 2.24) is 0 Å². The fourth-order valence-corrected chi connectivity index (χ4v) is 2.86. The van der Waals surface area contributed by atoms with Gasteiger partial charge in [0.2, 0.25) is 0 Å². The Bertz CT molecular complexity index is 468. The summed E-state index contributed by atoms with van der Waals surface area (Å²) < 4.78 is 1.27. The van der Waals surface area contributed by atoms with E-state index in [0.29, 0.717) is 0 Å². The summed E-state index contributed by atoms with van der Waals surface area (Å²) in [5.74, 6) is 0.959. The van der Waals surface area contributed by atoms with Gasteiger partial charge in [0.25, 0.3) is 0 Å². The third-order valence-corrected chi connectivity index (χ3v) is 4.45. The Balaban J connectivity index is 2.02. The predicted molar refractivity (Wildman–Crippen MR) is 80.2 cm³/mol. The lowest BCUT2D eigenvalue weighted by atomic mass is 10.2. The second-order valence-electron chi connectivity index (χ2n) is 3.35. The minimum Gasteiger partial charge on any atom is -0.120 e. The molecule has 3 heteroatoms. The van der Waals surface area contributed by atoms with Crippen LogP contribution >= 0.6 is 46.0 Å². The minimum absolute atomic E-state index is 0.831. The summed E-state index contributed by atoms with van der Waals surface area (Å²) in [4.78, 5) is 1.14. The summed E-state index contributed by atoms with van der Waals surface area (Å²) in [6.07, 6.45) is 0. The number of halogens is 2. The quantitative estimate of drug-likeness (QED) is 0.533. The molecule has 0 radical (unpaired) electrons. The molecule has 0 spiro atoms. The number of thioether (sulfide) groups is 1. The molecule has 0 saturated carbocycles. The van der Waals surface area contributed by atoms with Crippen molar-refractivity contribution in [2.75, 3.05) is 0 Å². The molecule has 0 nitrogen and oxygen atoms in total. The van der Waals surface area contributed by atoms with Gasteiger partial charge in [-0.1, -0.05) is 35.9 Å². The molecule has 16 heavy (non-hydrogen) atoms. The van der Waals surface area contributed by atoms with Crippen LogP contribution in [0.2, 0.25) is 5.02 Å². The first kappa shape index (κ1) is 12.3. The van der Waals surface area contributed by atoms with E-state index in [1.807, 2.05) is 18.2 Å². The Morgan fingerprint density at radius 1 is 1.00 bits per heavy atom. The average molecular weight is 361 g/mol. The monoisotopic (exact) mass is 360 g/mol. The zero-order chi connectivity index (χ0) is 11.4. The molecular formula is C13H10ClIS. The van der Waals surface area contributed by atoms with Gasteiger partial charge in [0.1, 0.15) is 0 Å². The van der Waals surface area contributed by atoms with Gasteiger partial charge in [-0.05, 0) is 52.4 Å². The highest BCUT2D eigenvalue weighted by Gasteiger charge is 2.00. The van der Waals surface area contributed by atoms with Gasteiger partial charge in [0.15, 0.2) is 0 Å². The van der Waals surface area contributed by atoms with Crippen LogP contribution < -0.4 is 0 Å². The molecule has 0 atom stereocenters. The first-order valence-electron chi connectivity index (χ1n) is 4.87. The van der Waals surface area contributed by atoms with Crippen LogP contribution in [0.1, 0.15) is 5.56 Å². The first-order chi connectivity index (χ1) is 7.75. The Hall–Kier alpha value is -0.190. The lowest BCUT2D eigenvalue weighted by molar-refractivity contribution is 1.37. The van der Waals surface area contributed by atoms with Crippen molar-refractivity contribution in [1.29, 1.82) is 0 Å². The maximum atomic E-state index is 6.09. The van der Waals surface area contributed by atoms with Crippen LogP contribution in [0.25, 0.3) is 0 Å². The van der Waals surface area contributed by atoms with E-state index < -0.39 is 0 Å². The summed E-state index contributed by atoms with van der Waals surface area (Å²) in [7, 11) is 0. The van der Waals surface area contributed by atoms with Gasteiger partial charge in [-0.15, -0.1) is 11.8 Å². The molecule has 0 aliphatic carbocycles. The van der Waals surface area contributed by atoms with E-state index in [1.165, 1.54) is 9.13 Å². The van der Waals surface area contributed by atoms with Crippen molar-refractivity contribution in [3.63, 3.8) is 0 Å². The molecule has 2 rings (SSSR count). The molecule has 2 aromatic carbocycles. The normalized spacial score (nSPS) is 10.4. The summed E-state index contributed by atoms with van der Waals surface area (Å²) in [5, 5.41) is 0.831. The van der Waals surface area contributed by atoms with Gasteiger partial charge in [-0.3, -0.25) is 0 Å². The molecular weight excluding hydrogens is 351 g/mol. The van der Waals surface area contributed by atoms with E-state index >= 15 is 0 Å². The van der Waals surface area contributed by atoms with Gasteiger partial charge in [0.05, 0.1) is 5.02 Å². The van der Waals surface area contributed by atoms with Crippen molar-refractivity contribution in [3.05, 3.63) is 62.7 Å². The Morgan fingerprint density at radius 2 is 1.69 bits per heavy atom. The van der Waals surface area contributed by atoms with Crippen molar-refractivity contribution in [3.8, 4) is 0 Å². The number of benzene rings is 2. The summed E-state index contributed by atoms with van der Waals surface area (Å²) >= 11 is 10.2. The van der Waals surface area contributed by atoms with Crippen LogP contribution in [0.4, 0.5) is 0 Å². The summed E-state index contributed by atoms with van der Waals surface area (Å²) in [6.45, 7) is 0. The lowest BCUT2D eigenvalue weighted by Gasteiger charge is -2.04. The number of hydrogen-bond donors (Lipinski definition) is 0. The van der Waals surface area contributed by atoms with E-state index in [9.17, 15) is 0 Å². The molecule has 0 fully saturated rings. The standard InChI is InChI=1S/C13H10ClIS/c14-12-3-1-2-4-13(12)16-9-10-5-7-11(15)8-6-10/h1-8H,9H2. The summed E-state index contributed by atoms with van der Waals surface area (Å²) in [6, 6.07) is 16.5. The molecule has 0 amide bonds. The first-order valence-corrected chi connectivity index (χ1v) is 7.32. The molecule has 0 saturated heterocycles. The molecule has 0 unspecified atom stereocenters. The Kier molecular flexibility index (Phi) is 4.55. The second kappa shape index (κ2) is 5.94. The molecule has 0 heterocycles. The van der Waals surface area contributed by atoms with Gasteiger partial charge < -0.3 is 0 Å². The third kappa shape index (κ3) is 3.40. The summed E-state index contributed by atoms with van der Waals surface area (Å²) in [5.41, 5.74) is 1.32. The molecule has 0 N–H and O–H groups in total. The highest BCUT2D eigenvalue weighted by molar-refractivity contribution is 14.1. The second-order valence-corrected chi connectivity index (χ2v) is 6.02. The van der Waals surface area contributed by atoms with Crippen LogP contribution in [0, 0.1) is 3.57 Å². The SMILES string of the molecule is Clc1ccccc1SCc1ccc(I)cc1. The average Bonchev–Trinajstić information content (AvgIpc) is 2.30. The lowest BCUT2D eigenvalue weighted by Crippen LogP contribution is -1.81. The molecule has 0 bridgehead atoms. The minimum atomic E-state index is 0.831. The van der Waals surface area contributed by atoms with Crippen LogP contribution in [0.5, 0.6) is 0 Å². The molecule has 82 valence electrons. The Labute approximate surface area is 119 Å². The molecule has 0 aliphatic heterocycles. The van der Waals surface area contributed by atoms with Gasteiger partial charge in [0, 0.05) is 14.2 Å². The number of hydrogen-bond acceptors (Lipinski definition) is 1. The zero-order valence-electron chi connectivity index (χ0n) is 8.49. The predicted octanol–water partition coefficient (Wildman–Crippen LogP) is 5.24. The molecule has 0 aromatic heterocycles. The van der Waals surface area contributed by atoms with Gasteiger partial charge >= 0.3 is 0 Å². The topological polar surface area (TPSA) is 0 Å². The van der Waals surface area contributed by atoms with Crippen LogP contribution in [0.15, 0.2) is 53.4 Å². The van der Waals surface area contributed by atoms with Crippen molar-refractivity contribution in [2.45, 2.75) is 10.6 Å². The van der Waals surface area contributed by atoms with E-state index in [1.54, 1.807) is 11.8 Å². The van der Waals surface area contributed by atoms with E-state index in [4.69, 9.17) is 11.6 Å². The van der Waals surface area contributed by atoms with E-state index in [2.05, 4.69) is 52.9 Å². The zero-order valence-corrected chi connectivity index (χ0v) is 12.2. The molecule has 2 aromatic rings. The van der Waals surface area contributed by atoms with Gasteiger partial charge in [-0.25, -0.2) is 0 Å². The maximum Gasteiger partial charge on any atom is 0.0541 e. The van der Waals surface area contributed by atoms with E-state index in [0.717, 1.165) is 15.7 Å². The third-order valence-electron chi connectivity index (χ3n) is 2.14. The highest BCUT2D eigenvalue weighted by atomic mass is 127. The molecule has 0 aliphatic rings. The van der Waals surface area contributed by atoms with Crippen LogP contribution in [0.3, 0.4) is 0 Å². The van der Waals surface area contributed by atoms with Crippen LogP contribution in [-0.4, -0.2) is 0 Å². The highest BCUT2D eigenvalue weighted by Crippen LogP contribution is 2.29. The fraction of sp³-hybridized carbons (Fsp3) is 0.0769. The number of rotatable bonds is 3. The Morgan fingerprint density at radius 3 is 2.38 bits per heavy atom.